The Morgan fingerprint density at radius 3 is 2.67 bits per heavy atom. The minimum absolute atomic E-state index is 0.137. The summed E-state index contributed by atoms with van der Waals surface area (Å²) in [6, 6.07) is 15.6. The molecule has 0 spiro atoms. The van der Waals surface area contributed by atoms with E-state index in [1.807, 2.05) is 61.5 Å². The second-order valence-electron chi connectivity index (χ2n) is 4.79. The van der Waals surface area contributed by atoms with E-state index in [0.717, 1.165) is 33.1 Å². The first-order valence-electron chi connectivity index (χ1n) is 6.98. The average Bonchev–Trinajstić information content (AvgIpc) is 2.52. The zero-order valence-electron chi connectivity index (χ0n) is 11.8. The maximum absolute atomic E-state index is 12.5. The Labute approximate surface area is 128 Å². The lowest BCUT2D eigenvalue weighted by atomic mass is 10.0. The van der Waals surface area contributed by atoms with Crippen LogP contribution in [-0.2, 0) is 0 Å². The topological polar surface area (TPSA) is 26.3 Å². The summed E-state index contributed by atoms with van der Waals surface area (Å²) in [5, 5.41) is 0. The molecular weight excluding hydrogens is 280 g/mol. The summed E-state index contributed by atoms with van der Waals surface area (Å²) in [4.78, 5) is 13.6. The quantitative estimate of drug-likeness (QED) is 0.782. The van der Waals surface area contributed by atoms with Gasteiger partial charge >= 0.3 is 0 Å². The maximum atomic E-state index is 12.5. The number of thioether (sulfide) groups is 1. The molecule has 0 N–H and O–H groups in total. The second kappa shape index (κ2) is 6.19. The molecular formula is C18H16O2S. The zero-order valence-corrected chi connectivity index (χ0v) is 12.7. The Bertz CT molecular complexity index is 687. The van der Waals surface area contributed by atoms with Gasteiger partial charge in [0.05, 0.1) is 6.61 Å². The highest BCUT2D eigenvalue weighted by atomic mass is 32.2. The average molecular weight is 296 g/mol. The van der Waals surface area contributed by atoms with Crippen molar-refractivity contribution in [3.8, 4) is 5.75 Å². The summed E-state index contributed by atoms with van der Waals surface area (Å²) in [7, 11) is 0. The number of fused-ring (bicyclic) bond motifs is 1. The molecule has 2 nitrogen and oxygen atoms in total. The van der Waals surface area contributed by atoms with Crippen LogP contribution in [0, 0.1) is 0 Å². The molecule has 3 rings (SSSR count). The fourth-order valence-corrected chi connectivity index (χ4v) is 3.33. The summed E-state index contributed by atoms with van der Waals surface area (Å²) in [6.45, 7) is 2.62. The van der Waals surface area contributed by atoms with Crippen LogP contribution in [0.4, 0.5) is 0 Å². The molecule has 0 saturated heterocycles. The molecule has 1 aliphatic heterocycles. The summed E-state index contributed by atoms with van der Waals surface area (Å²) >= 11 is 1.72. The van der Waals surface area contributed by atoms with Crippen LogP contribution in [0.1, 0.15) is 22.8 Å². The summed E-state index contributed by atoms with van der Waals surface area (Å²) in [5.41, 5.74) is 2.69. The number of carbonyl (C=O) groups excluding carboxylic acids is 1. The molecule has 0 atom stereocenters. The largest absolute Gasteiger partial charge is 0.494 e. The Kier molecular flexibility index (Phi) is 4.11. The van der Waals surface area contributed by atoms with Gasteiger partial charge in [0, 0.05) is 21.8 Å². The molecule has 0 radical (unpaired) electrons. The van der Waals surface area contributed by atoms with E-state index in [1.54, 1.807) is 11.8 Å². The molecule has 0 saturated carbocycles. The van der Waals surface area contributed by atoms with Crippen molar-refractivity contribution in [2.24, 2.45) is 0 Å². The van der Waals surface area contributed by atoms with Crippen molar-refractivity contribution >= 4 is 23.6 Å². The van der Waals surface area contributed by atoms with Crippen molar-refractivity contribution in [3.05, 3.63) is 65.2 Å². The van der Waals surface area contributed by atoms with Crippen molar-refractivity contribution in [1.29, 1.82) is 0 Å². The molecule has 2 aromatic rings. The van der Waals surface area contributed by atoms with Gasteiger partial charge in [-0.2, -0.15) is 0 Å². The smallest absolute Gasteiger partial charge is 0.191 e. The van der Waals surface area contributed by atoms with Crippen LogP contribution in [0.15, 0.2) is 59.0 Å². The maximum Gasteiger partial charge on any atom is 0.191 e. The van der Waals surface area contributed by atoms with E-state index in [1.165, 1.54) is 0 Å². The summed E-state index contributed by atoms with van der Waals surface area (Å²) in [5.74, 6) is 1.72. The van der Waals surface area contributed by atoms with Crippen molar-refractivity contribution < 1.29 is 9.53 Å². The van der Waals surface area contributed by atoms with Gasteiger partial charge < -0.3 is 4.74 Å². The van der Waals surface area contributed by atoms with E-state index in [0.29, 0.717) is 6.61 Å². The van der Waals surface area contributed by atoms with Crippen LogP contribution in [0.3, 0.4) is 0 Å². The molecule has 21 heavy (non-hydrogen) atoms. The minimum Gasteiger partial charge on any atom is -0.494 e. The molecule has 0 unspecified atom stereocenters. The standard InChI is InChI=1S/C18H16O2S/c1-2-20-15-9-7-13(8-10-15)11-14-12-21-17-6-4-3-5-16(17)18(14)19/h3-11H,2,12H2,1H3/b14-11-. The van der Waals surface area contributed by atoms with Crippen LogP contribution < -0.4 is 4.74 Å². The van der Waals surface area contributed by atoms with Gasteiger partial charge in [-0.05, 0) is 42.8 Å². The number of Topliss-reactive ketones (excluding diaryl/α,β-unsaturated/α-hetero) is 1. The first-order chi connectivity index (χ1) is 10.3. The Hall–Kier alpha value is -2.00. The monoisotopic (exact) mass is 296 g/mol. The number of ether oxygens (including phenoxy) is 1. The molecule has 1 aliphatic rings. The molecule has 106 valence electrons. The molecule has 3 heteroatoms. The highest BCUT2D eigenvalue weighted by molar-refractivity contribution is 7.99. The van der Waals surface area contributed by atoms with Crippen LogP contribution in [0.2, 0.25) is 0 Å². The van der Waals surface area contributed by atoms with E-state index in [9.17, 15) is 4.79 Å². The van der Waals surface area contributed by atoms with E-state index >= 15 is 0 Å². The first kappa shape index (κ1) is 14.0. The van der Waals surface area contributed by atoms with Crippen LogP contribution in [0.5, 0.6) is 5.75 Å². The van der Waals surface area contributed by atoms with Gasteiger partial charge in [-0.15, -0.1) is 11.8 Å². The van der Waals surface area contributed by atoms with Gasteiger partial charge in [0.2, 0.25) is 0 Å². The highest BCUT2D eigenvalue weighted by Gasteiger charge is 2.21. The zero-order chi connectivity index (χ0) is 14.7. The minimum atomic E-state index is 0.137. The summed E-state index contributed by atoms with van der Waals surface area (Å²) in [6.07, 6.45) is 1.97. The lowest BCUT2D eigenvalue weighted by Crippen LogP contribution is -2.11. The Balaban J connectivity index is 1.86. The van der Waals surface area contributed by atoms with E-state index in [2.05, 4.69) is 0 Å². The lowest BCUT2D eigenvalue weighted by Gasteiger charge is -2.16. The van der Waals surface area contributed by atoms with E-state index in [-0.39, 0.29) is 5.78 Å². The van der Waals surface area contributed by atoms with Gasteiger partial charge in [-0.1, -0.05) is 24.3 Å². The molecule has 0 bridgehead atoms. The molecule has 0 amide bonds. The second-order valence-corrected chi connectivity index (χ2v) is 5.80. The number of hydrogen-bond donors (Lipinski definition) is 0. The predicted molar refractivity (Wildman–Crippen MR) is 87.1 cm³/mol. The number of ketones is 1. The third-order valence-corrected chi connectivity index (χ3v) is 4.46. The summed E-state index contributed by atoms with van der Waals surface area (Å²) < 4.78 is 5.43. The molecule has 0 aliphatic carbocycles. The van der Waals surface area contributed by atoms with Gasteiger partial charge in [0.25, 0.3) is 0 Å². The van der Waals surface area contributed by atoms with Gasteiger partial charge in [0.1, 0.15) is 5.75 Å². The Morgan fingerprint density at radius 1 is 1.14 bits per heavy atom. The third kappa shape index (κ3) is 3.03. The van der Waals surface area contributed by atoms with Gasteiger partial charge in [-0.25, -0.2) is 0 Å². The molecule has 0 aromatic heterocycles. The van der Waals surface area contributed by atoms with Crippen LogP contribution in [0.25, 0.3) is 6.08 Å². The van der Waals surface area contributed by atoms with Crippen LogP contribution in [-0.4, -0.2) is 18.1 Å². The van der Waals surface area contributed by atoms with Crippen molar-refractivity contribution in [1.82, 2.24) is 0 Å². The Morgan fingerprint density at radius 2 is 1.90 bits per heavy atom. The van der Waals surface area contributed by atoms with E-state index < -0.39 is 0 Å². The molecule has 1 heterocycles. The normalized spacial score (nSPS) is 15.9. The molecule has 2 aromatic carbocycles. The SMILES string of the molecule is CCOc1ccc(/C=C2/CSc3ccccc3C2=O)cc1. The lowest BCUT2D eigenvalue weighted by molar-refractivity contribution is 0.103. The highest BCUT2D eigenvalue weighted by Crippen LogP contribution is 2.33. The van der Waals surface area contributed by atoms with Gasteiger partial charge in [-0.3, -0.25) is 4.79 Å². The number of benzene rings is 2. The molecule has 0 fully saturated rings. The fraction of sp³-hybridized carbons (Fsp3) is 0.167. The van der Waals surface area contributed by atoms with Crippen molar-refractivity contribution in [2.75, 3.05) is 12.4 Å². The number of carbonyl (C=O) groups is 1. The van der Waals surface area contributed by atoms with Crippen molar-refractivity contribution in [3.63, 3.8) is 0 Å². The number of hydrogen-bond acceptors (Lipinski definition) is 3. The number of rotatable bonds is 3. The fourth-order valence-electron chi connectivity index (χ4n) is 2.31. The van der Waals surface area contributed by atoms with Crippen LogP contribution >= 0.6 is 11.8 Å². The first-order valence-corrected chi connectivity index (χ1v) is 7.96. The predicted octanol–water partition coefficient (Wildman–Crippen LogP) is 4.46. The van der Waals surface area contributed by atoms with Gasteiger partial charge in [0.15, 0.2) is 5.78 Å². The van der Waals surface area contributed by atoms with Crippen molar-refractivity contribution in [2.45, 2.75) is 11.8 Å². The van der Waals surface area contributed by atoms with E-state index in [4.69, 9.17) is 4.74 Å². The third-order valence-electron chi connectivity index (χ3n) is 3.34.